The fourth-order valence-corrected chi connectivity index (χ4v) is 1.85. The first kappa shape index (κ1) is 12.0. The van der Waals surface area contributed by atoms with Crippen LogP contribution in [0.3, 0.4) is 0 Å². The molecule has 0 heterocycles. The summed E-state index contributed by atoms with van der Waals surface area (Å²) < 4.78 is 13.0. The van der Waals surface area contributed by atoms with Crippen molar-refractivity contribution in [3.63, 3.8) is 0 Å². The summed E-state index contributed by atoms with van der Waals surface area (Å²) >= 11 is 1.70. The van der Waals surface area contributed by atoms with Crippen LogP contribution in [0.5, 0.6) is 0 Å². The molecule has 0 amide bonds. The number of rotatable bonds is 4. The SMILES string of the molecule is CC(CN)SCc1ccc(F)c(C#N)c1. The second-order valence-corrected chi connectivity index (χ2v) is 4.71. The number of nitrogens with two attached hydrogens (primary N) is 1. The third kappa shape index (κ3) is 3.54. The van der Waals surface area contributed by atoms with Crippen molar-refractivity contribution in [1.82, 2.24) is 0 Å². The average Bonchev–Trinajstić information content (AvgIpc) is 2.27. The van der Waals surface area contributed by atoms with Crippen LogP contribution in [0.1, 0.15) is 18.1 Å². The molecule has 1 rings (SSSR count). The monoisotopic (exact) mass is 224 g/mol. The van der Waals surface area contributed by atoms with Gasteiger partial charge in [-0.2, -0.15) is 17.0 Å². The summed E-state index contributed by atoms with van der Waals surface area (Å²) in [7, 11) is 0. The molecule has 1 unspecified atom stereocenters. The van der Waals surface area contributed by atoms with E-state index < -0.39 is 5.82 Å². The van der Waals surface area contributed by atoms with Crippen molar-refractivity contribution in [3.05, 3.63) is 35.1 Å². The van der Waals surface area contributed by atoms with Gasteiger partial charge in [-0.25, -0.2) is 4.39 Å². The van der Waals surface area contributed by atoms with Crippen LogP contribution < -0.4 is 5.73 Å². The van der Waals surface area contributed by atoms with E-state index in [2.05, 4.69) is 0 Å². The summed E-state index contributed by atoms with van der Waals surface area (Å²) in [5.74, 6) is 0.297. The van der Waals surface area contributed by atoms with Gasteiger partial charge in [0.2, 0.25) is 0 Å². The molecule has 0 aliphatic heterocycles. The lowest BCUT2D eigenvalue weighted by Crippen LogP contribution is -2.12. The molecule has 0 fully saturated rings. The Morgan fingerprint density at radius 1 is 1.60 bits per heavy atom. The van der Waals surface area contributed by atoms with Crippen molar-refractivity contribution < 1.29 is 4.39 Å². The zero-order valence-electron chi connectivity index (χ0n) is 8.53. The van der Waals surface area contributed by atoms with Gasteiger partial charge in [-0.15, -0.1) is 0 Å². The first-order valence-electron chi connectivity index (χ1n) is 4.67. The van der Waals surface area contributed by atoms with Gasteiger partial charge < -0.3 is 5.73 Å². The van der Waals surface area contributed by atoms with Crippen LogP contribution in [0, 0.1) is 17.1 Å². The molecular formula is C11H13FN2S. The third-order valence-electron chi connectivity index (χ3n) is 2.02. The molecule has 2 nitrogen and oxygen atoms in total. The minimum absolute atomic E-state index is 0.105. The first-order valence-corrected chi connectivity index (χ1v) is 5.72. The molecule has 4 heteroatoms. The van der Waals surface area contributed by atoms with Crippen LogP contribution >= 0.6 is 11.8 Å². The first-order chi connectivity index (χ1) is 7.17. The highest BCUT2D eigenvalue weighted by molar-refractivity contribution is 7.99. The summed E-state index contributed by atoms with van der Waals surface area (Å²) in [6.07, 6.45) is 0. The maximum Gasteiger partial charge on any atom is 0.140 e. The Hall–Kier alpha value is -1.05. The van der Waals surface area contributed by atoms with Crippen LogP contribution in [0.4, 0.5) is 4.39 Å². The molecule has 15 heavy (non-hydrogen) atoms. The van der Waals surface area contributed by atoms with Crippen molar-refractivity contribution in [1.29, 1.82) is 5.26 Å². The van der Waals surface area contributed by atoms with Gasteiger partial charge in [-0.1, -0.05) is 13.0 Å². The van der Waals surface area contributed by atoms with Crippen LogP contribution in [0.15, 0.2) is 18.2 Å². The van der Waals surface area contributed by atoms with Crippen molar-refractivity contribution in [3.8, 4) is 6.07 Å². The average molecular weight is 224 g/mol. The number of hydrogen-bond donors (Lipinski definition) is 1. The second-order valence-electron chi connectivity index (χ2n) is 3.28. The fourth-order valence-electron chi connectivity index (χ4n) is 1.05. The van der Waals surface area contributed by atoms with Gasteiger partial charge in [0.15, 0.2) is 0 Å². The maximum atomic E-state index is 13.0. The molecule has 0 radical (unpaired) electrons. The van der Waals surface area contributed by atoms with E-state index in [4.69, 9.17) is 11.0 Å². The number of hydrogen-bond acceptors (Lipinski definition) is 3. The lowest BCUT2D eigenvalue weighted by atomic mass is 10.1. The van der Waals surface area contributed by atoms with E-state index in [1.165, 1.54) is 6.07 Å². The van der Waals surface area contributed by atoms with Gasteiger partial charge in [0.25, 0.3) is 0 Å². The van der Waals surface area contributed by atoms with Crippen LogP contribution in [0.2, 0.25) is 0 Å². The van der Waals surface area contributed by atoms with Crippen molar-refractivity contribution >= 4 is 11.8 Å². The van der Waals surface area contributed by atoms with Gasteiger partial charge >= 0.3 is 0 Å². The Morgan fingerprint density at radius 2 is 2.33 bits per heavy atom. The number of nitriles is 1. The normalized spacial score (nSPS) is 12.1. The van der Waals surface area contributed by atoms with E-state index in [-0.39, 0.29) is 5.56 Å². The molecule has 0 spiro atoms. The van der Waals surface area contributed by atoms with Crippen molar-refractivity contribution in [2.24, 2.45) is 5.73 Å². The summed E-state index contributed by atoms with van der Waals surface area (Å²) in [4.78, 5) is 0. The topological polar surface area (TPSA) is 49.8 Å². The number of benzene rings is 1. The maximum absolute atomic E-state index is 13.0. The standard InChI is InChI=1S/C11H13FN2S/c1-8(5-13)15-7-9-2-3-11(12)10(4-9)6-14/h2-4,8H,5,7,13H2,1H3. The molecule has 0 aromatic heterocycles. The Morgan fingerprint density at radius 3 is 2.93 bits per heavy atom. The molecule has 0 saturated heterocycles. The Bertz CT molecular complexity index is 373. The van der Waals surface area contributed by atoms with Crippen molar-refractivity contribution in [2.45, 2.75) is 17.9 Å². The molecule has 0 aliphatic rings. The quantitative estimate of drug-likeness (QED) is 0.853. The van der Waals surface area contributed by atoms with Crippen molar-refractivity contribution in [2.75, 3.05) is 6.54 Å². The molecule has 0 bridgehead atoms. The van der Waals surface area contributed by atoms with E-state index in [0.717, 1.165) is 11.3 Å². The van der Waals surface area contributed by atoms with Gasteiger partial charge in [-0.05, 0) is 17.7 Å². The van der Waals surface area contributed by atoms with Gasteiger partial charge in [0, 0.05) is 17.5 Å². The molecule has 2 N–H and O–H groups in total. The molecule has 1 aromatic carbocycles. The highest BCUT2D eigenvalue weighted by Gasteiger charge is 2.04. The number of nitrogens with zero attached hydrogens (tertiary/aromatic N) is 1. The third-order valence-corrected chi connectivity index (χ3v) is 3.28. The minimum atomic E-state index is -0.460. The molecule has 0 aliphatic carbocycles. The predicted octanol–water partition coefficient (Wildman–Crippen LogP) is 2.28. The molecule has 80 valence electrons. The highest BCUT2D eigenvalue weighted by Crippen LogP contribution is 2.18. The molecule has 0 saturated carbocycles. The molecule has 1 atom stereocenters. The highest BCUT2D eigenvalue weighted by atomic mass is 32.2. The molecule has 1 aromatic rings. The smallest absolute Gasteiger partial charge is 0.140 e. The zero-order valence-corrected chi connectivity index (χ0v) is 9.35. The largest absolute Gasteiger partial charge is 0.329 e. The van der Waals surface area contributed by atoms with E-state index in [1.807, 2.05) is 13.0 Å². The lowest BCUT2D eigenvalue weighted by Gasteiger charge is -2.08. The van der Waals surface area contributed by atoms with Gasteiger partial charge in [0.05, 0.1) is 5.56 Å². The van der Waals surface area contributed by atoms with E-state index in [0.29, 0.717) is 11.8 Å². The summed E-state index contributed by atoms with van der Waals surface area (Å²) in [6, 6.07) is 6.45. The Balaban J connectivity index is 2.67. The van der Waals surface area contributed by atoms with Gasteiger partial charge in [-0.3, -0.25) is 0 Å². The number of halogens is 1. The summed E-state index contributed by atoms with van der Waals surface area (Å²) in [5, 5.41) is 9.03. The molecular weight excluding hydrogens is 211 g/mol. The summed E-state index contributed by atoms with van der Waals surface area (Å²) in [6.45, 7) is 2.66. The van der Waals surface area contributed by atoms with E-state index in [9.17, 15) is 4.39 Å². The van der Waals surface area contributed by atoms with E-state index in [1.54, 1.807) is 23.9 Å². The predicted molar refractivity (Wildman–Crippen MR) is 60.9 cm³/mol. The Labute approximate surface area is 93.3 Å². The second kappa shape index (κ2) is 5.74. The van der Waals surface area contributed by atoms with Crippen LogP contribution in [-0.2, 0) is 5.75 Å². The fraction of sp³-hybridized carbons (Fsp3) is 0.364. The van der Waals surface area contributed by atoms with Gasteiger partial charge in [0.1, 0.15) is 11.9 Å². The minimum Gasteiger partial charge on any atom is -0.329 e. The Kier molecular flexibility index (Phi) is 4.60. The number of thioether (sulfide) groups is 1. The van der Waals surface area contributed by atoms with E-state index >= 15 is 0 Å². The van der Waals surface area contributed by atoms with Crippen LogP contribution in [0.25, 0.3) is 0 Å². The zero-order chi connectivity index (χ0) is 11.3. The summed E-state index contributed by atoms with van der Waals surface area (Å²) in [5.41, 5.74) is 6.55. The van der Waals surface area contributed by atoms with Crippen LogP contribution in [-0.4, -0.2) is 11.8 Å². The lowest BCUT2D eigenvalue weighted by molar-refractivity contribution is 0.623.